The van der Waals surface area contributed by atoms with Crippen molar-refractivity contribution in [1.82, 2.24) is 4.98 Å². The number of ether oxygens (including phenoxy) is 2. The number of carbonyl (C=O) groups excluding carboxylic acids is 1. The van der Waals surface area contributed by atoms with Crippen LogP contribution < -0.4 is 4.74 Å². The quantitative estimate of drug-likeness (QED) is 0.659. The third-order valence-electron chi connectivity index (χ3n) is 3.01. The van der Waals surface area contributed by atoms with Crippen molar-refractivity contribution in [2.45, 2.75) is 39.4 Å². The number of esters is 1. The molecule has 0 aliphatic carbocycles. The molecule has 0 aliphatic heterocycles. The first-order chi connectivity index (χ1) is 10.9. The van der Waals surface area contributed by atoms with Crippen molar-refractivity contribution in [3.05, 3.63) is 44.6 Å². The lowest BCUT2D eigenvalue weighted by Gasteiger charge is -2.14. The van der Waals surface area contributed by atoms with Gasteiger partial charge in [-0.05, 0) is 31.0 Å². The molecule has 23 heavy (non-hydrogen) atoms. The molecule has 0 spiro atoms. The Hall–Kier alpha value is -1.47. The Bertz CT molecular complexity index is 690. The van der Waals surface area contributed by atoms with E-state index >= 15 is 0 Å². The van der Waals surface area contributed by atoms with Crippen LogP contribution in [0, 0.1) is 5.82 Å². The summed E-state index contributed by atoms with van der Waals surface area (Å²) in [6.45, 7) is 5.76. The molecule has 0 saturated carbocycles. The van der Waals surface area contributed by atoms with Crippen LogP contribution in [0.15, 0.2) is 28.9 Å². The molecule has 1 aromatic carbocycles. The molecule has 1 heterocycles. The largest absolute Gasteiger partial charge is 0.476 e. The Morgan fingerprint density at radius 3 is 2.74 bits per heavy atom. The van der Waals surface area contributed by atoms with E-state index in [2.05, 4.69) is 34.8 Å². The summed E-state index contributed by atoms with van der Waals surface area (Å²) >= 11 is 4.67. The summed E-state index contributed by atoms with van der Waals surface area (Å²) in [4.78, 5) is 17.3. The minimum absolute atomic E-state index is 0.00833. The van der Waals surface area contributed by atoms with E-state index in [4.69, 9.17) is 9.47 Å². The number of halogens is 2. The Balaban J connectivity index is 1.89. The Kier molecular flexibility index (Phi) is 6.12. The van der Waals surface area contributed by atoms with Crippen molar-refractivity contribution in [1.29, 1.82) is 0 Å². The van der Waals surface area contributed by atoms with Gasteiger partial charge in [-0.25, -0.2) is 14.2 Å². The summed E-state index contributed by atoms with van der Waals surface area (Å²) in [5.41, 5.74) is 0. The molecule has 0 aliphatic rings. The molecule has 0 bridgehead atoms. The average Bonchev–Trinajstić information content (AvgIpc) is 2.96. The van der Waals surface area contributed by atoms with Crippen molar-refractivity contribution in [2.75, 3.05) is 0 Å². The second kappa shape index (κ2) is 7.88. The Labute approximate surface area is 146 Å². The zero-order valence-electron chi connectivity index (χ0n) is 13.0. The number of hydrogen-bond acceptors (Lipinski definition) is 5. The summed E-state index contributed by atoms with van der Waals surface area (Å²) in [7, 11) is 0. The summed E-state index contributed by atoms with van der Waals surface area (Å²) in [6.07, 6.45) is 0.880. The second-order valence-electron chi connectivity index (χ2n) is 5.25. The van der Waals surface area contributed by atoms with E-state index in [1.807, 2.05) is 0 Å². The first-order valence-electron chi connectivity index (χ1n) is 7.09. The maximum Gasteiger partial charge on any atom is 0.347 e. The molecule has 7 heteroatoms. The standard InChI is InChI=1S/C16H17BrFNO3S/c1-9(2)14-7-19-15(23-14)8-21-16(20)10(3)22-13-5-4-11(17)6-12(13)18/h4-7,9-10H,8H2,1-3H3. The molecule has 124 valence electrons. The fraction of sp³-hybridized carbons (Fsp3) is 0.375. The van der Waals surface area contributed by atoms with Crippen LogP contribution in [-0.2, 0) is 16.1 Å². The summed E-state index contributed by atoms with van der Waals surface area (Å²) < 4.78 is 24.8. The molecule has 1 aromatic heterocycles. The van der Waals surface area contributed by atoms with E-state index in [0.29, 0.717) is 10.4 Å². The molecule has 2 aromatic rings. The molecule has 1 atom stereocenters. The third kappa shape index (κ3) is 5.00. The number of benzene rings is 1. The maximum atomic E-state index is 13.7. The fourth-order valence-electron chi connectivity index (χ4n) is 1.72. The van der Waals surface area contributed by atoms with Gasteiger partial charge in [0.05, 0.1) is 0 Å². The molecule has 1 unspecified atom stereocenters. The predicted molar refractivity (Wildman–Crippen MR) is 90.2 cm³/mol. The van der Waals surface area contributed by atoms with Crippen molar-refractivity contribution < 1.29 is 18.7 Å². The number of thiazole rings is 1. The van der Waals surface area contributed by atoms with Crippen molar-refractivity contribution in [3.63, 3.8) is 0 Å². The van der Waals surface area contributed by atoms with Gasteiger partial charge in [0.2, 0.25) is 0 Å². The van der Waals surface area contributed by atoms with Gasteiger partial charge in [-0.1, -0.05) is 29.8 Å². The molecular formula is C16H17BrFNO3S. The van der Waals surface area contributed by atoms with Crippen LogP contribution in [0.1, 0.15) is 36.6 Å². The van der Waals surface area contributed by atoms with Crippen LogP contribution in [0.25, 0.3) is 0 Å². The lowest BCUT2D eigenvalue weighted by molar-refractivity contribution is -0.152. The van der Waals surface area contributed by atoms with Crippen LogP contribution in [0.5, 0.6) is 5.75 Å². The van der Waals surface area contributed by atoms with Gasteiger partial charge in [-0.2, -0.15) is 0 Å². The lowest BCUT2D eigenvalue weighted by Crippen LogP contribution is -2.26. The average molecular weight is 402 g/mol. The highest BCUT2D eigenvalue weighted by Crippen LogP contribution is 2.24. The summed E-state index contributed by atoms with van der Waals surface area (Å²) in [6, 6.07) is 4.37. The highest BCUT2D eigenvalue weighted by Gasteiger charge is 2.19. The normalized spacial score (nSPS) is 12.3. The SMILES string of the molecule is CC(Oc1ccc(Br)cc1F)C(=O)OCc1ncc(C(C)C)s1. The van der Waals surface area contributed by atoms with E-state index in [1.54, 1.807) is 12.3 Å². The number of nitrogens with zero attached hydrogens (tertiary/aromatic N) is 1. The van der Waals surface area contributed by atoms with Gasteiger partial charge >= 0.3 is 5.97 Å². The smallest absolute Gasteiger partial charge is 0.347 e. The highest BCUT2D eigenvalue weighted by molar-refractivity contribution is 9.10. The second-order valence-corrected chi connectivity index (χ2v) is 7.32. The molecule has 4 nitrogen and oxygen atoms in total. The summed E-state index contributed by atoms with van der Waals surface area (Å²) in [5, 5.41) is 0.726. The molecular weight excluding hydrogens is 385 g/mol. The molecule has 2 rings (SSSR count). The van der Waals surface area contributed by atoms with Crippen molar-refractivity contribution >= 4 is 33.2 Å². The molecule has 0 N–H and O–H groups in total. The number of carbonyl (C=O) groups is 1. The van der Waals surface area contributed by atoms with Crippen LogP contribution in [-0.4, -0.2) is 17.1 Å². The van der Waals surface area contributed by atoms with Crippen LogP contribution in [0.3, 0.4) is 0 Å². The van der Waals surface area contributed by atoms with Crippen molar-refractivity contribution in [2.24, 2.45) is 0 Å². The third-order valence-corrected chi connectivity index (χ3v) is 4.77. The minimum Gasteiger partial charge on any atom is -0.476 e. The van der Waals surface area contributed by atoms with E-state index in [1.165, 1.54) is 30.4 Å². The predicted octanol–water partition coefficient (Wildman–Crippen LogP) is 4.68. The first-order valence-corrected chi connectivity index (χ1v) is 8.70. The topological polar surface area (TPSA) is 48.4 Å². The van der Waals surface area contributed by atoms with E-state index < -0.39 is 17.9 Å². The van der Waals surface area contributed by atoms with Gasteiger partial charge in [0.15, 0.2) is 17.7 Å². The van der Waals surface area contributed by atoms with Crippen LogP contribution in [0.4, 0.5) is 4.39 Å². The monoisotopic (exact) mass is 401 g/mol. The Morgan fingerprint density at radius 2 is 2.13 bits per heavy atom. The molecule has 0 amide bonds. The van der Waals surface area contributed by atoms with Gasteiger partial charge in [-0.15, -0.1) is 11.3 Å². The Morgan fingerprint density at radius 1 is 1.39 bits per heavy atom. The zero-order valence-corrected chi connectivity index (χ0v) is 15.4. The van der Waals surface area contributed by atoms with Crippen LogP contribution >= 0.6 is 27.3 Å². The van der Waals surface area contributed by atoms with Gasteiger partial charge < -0.3 is 9.47 Å². The molecule has 0 fully saturated rings. The highest BCUT2D eigenvalue weighted by atomic mass is 79.9. The first kappa shape index (κ1) is 17.9. The maximum absolute atomic E-state index is 13.7. The molecule has 0 radical (unpaired) electrons. The van der Waals surface area contributed by atoms with E-state index in [0.717, 1.165) is 9.88 Å². The fourth-order valence-corrected chi connectivity index (χ4v) is 2.89. The minimum atomic E-state index is -0.907. The zero-order chi connectivity index (χ0) is 17.0. The van der Waals surface area contributed by atoms with E-state index in [-0.39, 0.29) is 12.4 Å². The molecule has 0 saturated heterocycles. The van der Waals surface area contributed by atoms with Gasteiger partial charge in [0.25, 0.3) is 0 Å². The lowest BCUT2D eigenvalue weighted by atomic mass is 10.2. The van der Waals surface area contributed by atoms with Crippen molar-refractivity contribution in [3.8, 4) is 5.75 Å². The summed E-state index contributed by atoms with van der Waals surface area (Å²) in [5.74, 6) is -0.706. The van der Waals surface area contributed by atoms with E-state index in [9.17, 15) is 9.18 Å². The van der Waals surface area contributed by atoms with Crippen LogP contribution in [0.2, 0.25) is 0 Å². The number of aromatic nitrogens is 1. The number of hydrogen-bond donors (Lipinski definition) is 0. The van der Waals surface area contributed by atoms with Gasteiger partial charge in [0, 0.05) is 15.5 Å². The van der Waals surface area contributed by atoms with Gasteiger partial charge in [-0.3, -0.25) is 0 Å². The number of rotatable bonds is 6. The van der Waals surface area contributed by atoms with Gasteiger partial charge in [0.1, 0.15) is 11.6 Å².